The fraction of sp³-hybridized carbons (Fsp3) is 1.00. The lowest BCUT2D eigenvalue weighted by molar-refractivity contribution is 0.225. The number of hydrazine groups is 1. The maximum Gasteiger partial charge on any atom is 0.0656 e. The van der Waals surface area contributed by atoms with Gasteiger partial charge in [-0.1, -0.05) is 0 Å². The highest BCUT2D eigenvalue weighted by Gasteiger charge is 2.17. The molecule has 1 aliphatic rings. The zero-order valence-electron chi connectivity index (χ0n) is 6.39. The van der Waals surface area contributed by atoms with Crippen LogP contribution in [0.15, 0.2) is 0 Å². The lowest BCUT2D eigenvalue weighted by Crippen LogP contribution is -2.29. The van der Waals surface area contributed by atoms with Gasteiger partial charge in [-0.3, -0.25) is 4.90 Å². The van der Waals surface area contributed by atoms with Crippen molar-refractivity contribution in [3.05, 3.63) is 0 Å². The second-order valence-corrected chi connectivity index (χ2v) is 2.84. The summed E-state index contributed by atoms with van der Waals surface area (Å²) < 4.78 is 0. The van der Waals surface area contributed by atoms with Crippen LogP contribution >= 0.6 is 0 Å². The predicted octanol–water partition coefficient (Wildman–Crippen LogP) is 0.0618. The van der Waals surface area contributed by atoms with Gasteiger partial charge in [-0.25, -0.2) is 10.4 Å². The van der Waals surface area contributed by atoms with Crippen LogP contribution in [0.4, 0.5) is 0 Å². The summed E-state index contributed by atoms with van der Waals surface area (Å²) in [7, 11) is 2.06. The average molecular weight is 129 g/mol. The molecular formula is C6H15N3. The van der Waals surface area contributed by atoms with Crippen molar-refractivity contribution >= 4 is 0 Å². The van der Waals surface area contributed by atoms with E-state index >= 15 is 0 Å². The minimum atomic E-state index is 0.655. The minimum Gasteiger partial charge on any atom is -0.273 e. The summed E-state index contributed by atoms with van der Waals surface area (Å²) in [5.41, 5.74) is 3.21. The number of hydrogen-bond acceptors (Lipinski definition) is 3. The fourth-order valence-electron chi connectivity index (χ4n) is 0.930. The van der Waals surface area contributed by atoms with Crippen LogP contribution in [-0.2, 0) is 0 Å². The monoisotopic (exact) mass is 129 g/mol. The molecule has 0 aliphatic carbocycles. The van der Waals surface area contributed by atoms with Crippen molar-refractivity contribution < 1.29 is 0 Å². The summed E-state index contributed by atoms with van der Waals surface area (Å²) in [5, 5.41) is 2.10. The van der Waals surface area contributed by atoms with Crippen molar-refractivity contribution in [1.29, 1.82) is 0 Å². The van der Waals surface area contributed by atoms with E-state index < -0.39 is 0 Å². The third-order valence-corrected chi connectivity index (χ3v) is 1.67. The Hall–Kier alpha value is -0.120. The van der Waals surface area contributed by atoms with Crippen molar-refractivity contribution in [1.82, 2.24) is 15.3 Å². The molecule has 0 radical (unpaired) electrons. The molecule has 54 valence electrons. The Morgan fingerprint density at radius 1 is 1.44 bits per heavy atom. The van der Waals surface area contributed by atoms with E-state index in [9.17, 15) is 0 Å². The van der Waals surface area contributed by atoms with Crippen molar-refractivity contribution in [2.24, 2.45) is 0 Å². The molecule has 1 fully saturated rings. The first-order valence-corrected chi connectivity index (χ1v) is 3.39. The quantitative estimate of drug-likeness (QED) is 0.540. The van der Waals surface area contributed by atoms with E-state index in [0.29, 0.717) is 6.04 Å². The second kappa shape index (κ2) is 2.64. The summed E-state index contributed by atoms with van der Waals surface area (Å²) in [6.45, 7) is 6.45. The zero-order chi connectivity index (χ0) is 6.85. The van der Waals surface area contributed by atoms with Gasteiger partial charge in [0, 0.05) is 13.1 Å². The molecule has 0 saturated carbocycles. The van der Waals surface area contributed by atoms with Gasteiger partial charge in [-0.05, 0) is 13.8 Å². The molecule has 1 rings (SSSR count). The first-order valence-electron chi connectivity index (χ1n) is 3.39. The Kier molecular flexibility index (Phi) is 2.05. The van der Waals surface area contributed by atoms with Crippen LogP contribution in [0, 0.1) is 0 Å². The van der Waals surface area contributed by atoms with Crippen molar-refractivity contribution in [3.8, 4) is 0 Å². The molecule has 1 saturated heterocycles. The van der Waals surface area contributed by atoms with Crippen molar-refractivity contribution in [2.45, 2.75) is 19.9 Å². The van der Waals surface area contributed by atoms with Crippen LogP contribution in [0.1, 0.15) is 13.8 Å². The number of rotatable bonds is 1. The van der Waals surface area contributed by atoms with Crippen LogP contribution in [0.3, 0.4) is 0 Å². The number of hydrogen-bond donors (Lipinski definition) is 1. The molecule has 1 N–H and O–H groups in total. The van der Waals surface area contributed by atoms with E-state index in [-0.39, 0.29) is 0 Å². The molecule has 9 heavy (non-hydrogen) atoms. The van der Waals surface area contributed by atoms with Crippen molar-refractivity contribution in [2.75, 3.05) is 20.4 Å². The van der Waals surface area contributed by atoms with E-state index in [1.54, 1.807) is 0 Å². The molecule has 0 amide bonds. The van der Waals surface area contributed by atoms with Crippen LogP contribution < -0.4 is 5.43 Å². The van der Waals surface area contributed by atoms with Crippen LogP contribution in [0.2, 0.25) is 0 Å². The minimum absolute atomic E-state index is 0.655. The van der Waals surface area contributed by atoms with Gasteiger partial charge in [-0.2, -0.15) is 0 Å². The van der Waals surface area contributed by atoms with Crippen LogP contribution in [0.5, 0.6) is 0 Å². The Morgan fingerprint density at radius 2 is 2.11 bits per heavy atom. The molecule has 0 spiro atoms. The molecule has 0 aromatic carbocycles. The largest absolute Gasteiger partial charge is 0.273 e. The lowest BCUT2D eigenvalue weighted by atomic mass is 10.4. The van der Waals surface area contributed by atoms with Crippen LogP contribution in [-0.4, -0.2) is 36.3 Å². The van der Waals surface area contributed by atoms with Gasteiger partial charge in [0.15, 0.2) is 0 Å². The van der Waals surface area contributed by atoms with Gasteiger partial charge >= 0.3 is 0 Å². The van der Waals surface area contributed by atoms with E-state index in [1.165, 1.54) is 0 Å². The Morgan fingerprint density at radius 3 is 2.33 bits per heavy atom. The van der Waals surface area contributed by atoms with Gasteiger partial charge < -0.3 is 0 Å². The zero-order valence-corrected chi connectivity index (χ0v) is 6.39. The number of nitrogens with one attached hydrogen (secondary N) is 1. The predicted molar refractivity (Wildman–Crippen MR) is 37.6 cm³/mol. The average Bonchev–Trinajstić information content (AvgIpc) is 2.14. The normalized spacial score (nSPS) is 24.0. The van der Waals surface area contributed by atoms with Gasteiger partial charge in [0.25, 0.3) is 0 Å². The van der Waals surface area contributed by atoms with Gasteiger partial charge in [0.1, 0.15) is 0 Å². The van der Waals surface area contributed by atoms with Gasteiger partial charge in [0.2, 0.25) is 0 Å². The summed E-state index contributed by atoms with van der Waals surface area (Å²) >= 11 is 0. The van der Waals surface area contributed by atoms with Gasteiger partial charge in [-0.15, -0.1) is 0 Å². The number of nitrogens with zero attached hydrogens (tertiary/aromatic N) is 2. The third kappa shape index (κ3) is 1.64. The standard InChI is InChI=1S/C6H15N3/c1-6(2)9-4-7-8(3)5-9/h6-7H,4-5H2,1-3H3. The summed E-state index contributed by atoms with van der Waals surface area (Å²) in [6, 6.07) is 0.655. The molecule has 1 heterocycles. The molecule has 0 unspecified atom stereocenters. The summed E-state index contributed by atoms with van der Waals surface area (Å²) in [6.07, 6.45) is 0. The van der Waals surface area contributed by atoms with Crippen LogP contribution in [0.25, 0.3) is 0 Å². The van der Waals surface area contributed by atoms with Gasteiger partial charge in [0.05, 0.1) is 13.3 Å². The molecule has 3 nitrogen and oxygen atoms in total. The maximum atomic E-state index is 3.21. The lowest BCUT2D eigenvalue weighted by Gasteiger charge is -2.17. The summed E-state index contributed by atoms with van der Waals surface area (Å²) in [4.78, 5) is 2.36. The molecule has 3 heteroatoms. The molecule has 0 aromatic heterocycles. The third-order valence-electron chi connectivity index (χ3n) is 1.67. The molecule has 1 aliphatic heterocycles. The Labute approximate surface area is 56.6 Å². The molecule has 0 bridgehead atoms. The smallest absolute Gasteiger partial charge is 0.0656 e. The van der Waals surface area contributed by atoms with Crippen molar-refractivity contribution in [3.63, 3.8) is 0 Å². The van der Waals surface area contributed by atoms with E-state index in [0.717, 1.165) is 13.3 Å². The van der Waals surface area contributed by atoms with E-state index in [1.807, 2.05) is 0 Å². The second-order valence-electron chi connectivity index (χ2n) is 2.84. The Balaban J connectivity index is 2.30. The highest BCUT2D eigenvalue weighted by atomic mass is 15.6. The maximum absolute atomic E-state index is 3.21. The topological polar surface area (TPSA) is 18.5 Å². The highest BCUT2D eigenvalue weighted by molar-refractivity contribution is 4.64. The first-order chi connectivity index (χ1) is 4.20. The molecular weight excluding hydrogens is 114 g/mol. The van der Waals surface area contributed by atoms with E-state index in [4.69, 9.17) is 0 Å². The summed E-state index contributed by atoms with van der Waals surface area (Å²) in [5.74, 6) is 0. The molecule has 0 atom stereocenters. The first kappa shape index (κ1) is 6.99. The molecule has 0 aromatic rings. The highest BCUT2D eigenvalue weighted by Crippen LogP contribution is 2.01. The van der Waals surface area contributed by atoms with E-state index in [2.05, 4.69) is 36.2 Å². The SMILES string of the molecule is CC(C)N1CNN(C)C1. The fourth-order valence-corrected chi connectivity index (χ4v) is 0.930. The Bertz CT molecular complexity index is 92.3.